The Kier molecular flexibility index (Phi) is 3.03. The molecule has 1 unspecified atom stereocenters. The molecule has 2 saturated heterocycles. The van der Waals surface area contributed by atoms with Crippen LogP contribution in [0.15, 0.2) is 0 Å². The lowest BCUT2D eigenvalue weighted by atomic mass is 10.0. The minimum atomic E-state index is -0.145. The van der Waals surface area contributed by atoms with E-state index in [0.29, 0.717) is 6.04 Å². The first-order valence-corrected chi connectivity index (χ1v) is 5.55. The van der Waals surface area contributed by atoms with E-state index in [-0.39, 0.29) is 11.9 Å². The van der Waals surface area contributed by atoms with Crippen LogP contribution in [-0.2, 0) is 4.79 Å². The van der Waals surface area contributed by atoms with Gasteiger partial charge in [-0.05, 0) is 38.8 Å². The van der Waals surface area contributed by atoms with Crippen LogP contribution in [0.4, 0.5) is 0 Å². The van der Waals surface area contributed by atoms with Crippen LogP contribution in [0.5, 0.6) is 0 Å². The highest BCUT2D eigenvalue weighted by Gasteiger charge is 2.34. The smallest absolute Gasteiger partial charge is 0.234 e. The van der Waals surface area contributed by atoms with E-state index in [0.717, 1.165) is 32.5 Å². The van der Waals surface area contributed by atoms with Gasteiger partial charge in [-0.25, -0.2) is 0 Å². The zero-order valence-electron chi connectivity index (χ0n) is 8.54. The number of nitrogens with zero attached hydrogens (tertiary/aromatic N) is 1. The third-order valence-electron chi connectivity index (χ3n) is 3.36. The van der Waals surface area contributed by atoms with E-state index in [2.05, 4.69) is 10.2 Å². The molecule has 0 bridgehead atoms. The number of hydrogen-bond donors (Lipinski definition) is 2. The van der Waals surface area contributed by atoms with Crippen molar-refractivity contribution >= 4 is 5.91 Å². The van der Waals surface area contributed by atoms with Gasteiger partial charge in [-0.3, -0.25) is 9.69 Å². The van der Waals surface area contributed by atoms with Crippen molar-refractivity contribution in [2.24, 2.45) is 5.73 Å². The average Bonchev–Trinajstić information content (AvgIpc) is 2.67. The third kappa shape index (κ3) is 1.91. The highest BCUT2D eigenvalue weighted by atomic mass is 16.1. The van der Waals surface area contributed by atoms with Gasteiger partial charge in [0.25, 0.3) is 0 Å². The maximum atomic E-state index is 11.2. The maximum Gasteiger partial charge on any atom is 0.234 e. The van der Waals surface area contributed by atoms with E-state index >= 15 is 0 Å². The summed E-state index contributed by atoms with van der Waals surface area (Å²) in [5.41, 5.74) is 5.39. The van der Waals surface area contributed by atoms with Crippen molar-refractivity contribution < 1.29 is 4.79 Å². The molecule has 0 aromatic rings. The summed E-state index contributed by atoms with van der Waals surface area (Å²) in [7, 11) is 0. The summed E-state index contributed by atoms with van der Waals surface area (Å²) >= 11 is 0. The van der Waals surface area contributed by atoms with E-state index in [1.807, 2.05) is 0 Å². The quantitative estimate of drug-likeness (QED) is 0.638. The zero-order chi connectivity index (χ0) is 9.97. The molecular formula is C10H19N3O. The molecule has 0 spiro atoms. The Morgan fingerprint density at radius 2 is 2.21 bits per heavy atom. The minimum Gasteiger partial charge on any atom is -0.368 e. The van der Waals surface area contributed by atoms with Crippen molar-refractivity contribution in [3.63, 3.8) is 0 Å². The number of nitrogens with one attached hydrogen (secondary N) is 1. The molecule has 2 aliphatic heterocycles. The summed E-state index contributed by atoms with van der Waals surface area (Å²) in [6, 6.07) is 0.531. The lowest BCUT2D eigenvalue weighted by Crippen LogP contribution is -2.51. The molecule has 2 fully saturated rings. The van der Waals surface area contributed by atoms with E-state index in [1.54, 1.807) is 0 Å². The highest BCUT2D eigenvalue weighted by molar-refractivity contribution is 5.80. The van der Waals surface area contributed by atoms with Crippen molar-refractivity contribution in [2.75, 3.05) is 19.6 Å². The fourth-order valence-electron chi connectivity index (χ4n) is 2.65. The van der Waals surface area contributed by atoms with Crippen molar-refractivity contribution in [1.29, 1.82) is 0 Å². The SMILES string of the molecule is NC(=O)C1CCCN1[C@@H]1CCCNC1. The molecule has 2 aliphatic rings. The monoisotopic (exact) mass is 197 g/mol. The molecule has 14 heavy (non-hydrogen) atoms. The van der Waals surface area contributed by atoms with E-state index in [4.69, 9.17) is 5.73 Å². The van der Waals surface area contributed by atoms with Crippen LogP contribution in [0.1, 0.15) is 25.7 Å². The molecule has 80 valence electrons. The molecule has 0 saturated carbocycles. The Morgan fingerprint density at radius 1 is 1.36 bits per heavy atom. The number of rotatable bonds is 2. The third-order valence-corrected chi connectivity index (χ3v) is 3.36. The number of piperidine rings is 1. The van der Waals surface area contributed by atoms with Crippen LogP contribution >= 0.6 is 0 Å². The van der Waals surface area contributed by atoms with Gasteiger partial charge in [0.2, 0.25) is 5.91 Å². The Morgan fingerprint density at radius 3 is 2.86 bits per heavy atom. The second-order valence-electron chi connectivity index (χ2n) is 4.30. The lowest BCUT2D eigenvalue weighted by Gasteiger charge is -2.34. The van der Waals surface area contributed by atoms with Gasteiger partial charge < -0.3 is 11.1 Å². The van der Waals surface area contributed by atoms with Gasteiger partial charge in [0, 0.05) is 12.6 Å². The fraction of sp³-hybridized carbons (Fsp3) is 0.900. The summed E-state index contributed by atoms with van der Waals surface area (Å²) in [5.74, 6) is -0.145. The number of amides is 1. The normalized spacial score (nSPS) is 34.6. The molecule has 1 amide bonds. The number of primary amides is 1. The van der Waals surface area contributed by atoms with Crippen molar-refractivity contribution in [2.45, 2.75) is 37.8 Å². The summed E-state index contributed by atoms with van der Waals surface area (Å²) in [6.07, 6.45) is 4.49. The molecule has 4 heteroatoms. The second-order valence-corrected chi connectivity index (χ2v) is 4.30. The van der Waals surface area contributed by atoms with Crippen LogP contribution < -0.4 is 11.1 Å². The Labute approximate surface area is 84.8 Å². The fourth-order valence-corrected chi connectivity index (χ4v) is 2.65. The molecular weight excluding hydrogens is 178 g/mol. The predicted molar refractivity (Wildman–Crippen MR) is 54.8 cm³/mol. The number of nitrogens with two attached hydrogens (primary N) is 1. The number of carbonyl (C=O) groups excluding carboxylic acids is 1. The minimum absolute atomic E-state index is 0.0000926. The first-order valence-electron chi connectivity index (χ1n) is 5.55. The van der Waals surface area contributed by atoms with Gasteiger partial charge in [0.15, 0.2) is 0 Å². The van der Waals surface area contributed by atoms with Crippen molar-refractivity contribution in [3.05, 3.63) is 0 Å². The first-order chi connectivity index (χ1) is 6.79. The summed E-state index contributed by atoms with van der Waals surface area (Å²) in [5, 5.41) is 3.38. The van der Waals surface area contributed by atoms with Crippen LogP contribution in [0.3, 0.4) is 0 Å². The zero-order valence-corrected chi connectivity index (χ0v) is 8.54. The van der Waals surface area contributed by atoms with E-state index in [9.17, 15) is 4.79 Å². The molecule has 2 rings (SSSR count). The number of likely N-dealkylation sites (tertiary alicyclic amines) is 1. The molecule has 0 aliphatic carbocycles. The van der Waals surface area contributed by atoms with Crippen LogP contribution in [-0.4, -0.2) is 42.5 Å². The van der Waals surface area contributed by atoms with E-state index in [1.165, 1.54) is 12.8 Å². The molecule has 2 heterocycles. The molecule has 3 N–H and O–H groups in total. The van der Waals surface area contributed by atoms with Crippen molar-refractivity contribution in [3.8, 4) is 0 Å². The molecule has 0 aromatic heterocycles. The topological polar surface area (TPSA) is 58.4 Å². The molecule has 2 atom stereocenters. The lowest BCUT2D eigenvalue weighted by molar-refractivity contribution is -0.123. The predicted octanol–water partition coefficient (Wildman–Crippen LogP) is -0.312. The molecule has 4 nitrogen and oxygen atoms in total. The van der Waals surface area contributed by atoms with Gasteiger partial charge in [-0.15, -0.1) is 0 Å². The molecule has 0 radical (unpaired) electrons. The molecule has 0 aromatic carbocycles. The Bertz CT molecular complexity index is 213. The number of hydrogen-bond acceptors (Lipinski definition) is 3. The average molecular weight is 197 g/mol. The van der Waals surface area contributed by atoms with Gasteiger partial charge in [0.05, 0.1) is 6.04 Å². The van der Waals surface area contributed by atoms with Gasteiger partial charge in [-0.2, -0.15) is 0 Å². The second kappa shape index (κ2) is 4.28. The van der Waals surface area contributed by atoms with Crippen molar-refractivity contribution in [1.82, 2.24) is 10.2 Å². The van der Waals surface area contributed by atoms with Crippen LogP contribution in [0.25, 0.3) is 0 Å². The van der Waals surface area contributed by atoms with Crippen LogP contribution in [0, 0.1) is 0 Å². The summed E-state index contributed by atoms with van der Waals surface area (Å²) in [6.45, 7) is 3.18. The standard InChI is InChI=1S/C10H19N3O/c11-10(14)9-4-2-6-13(9)8-3-1-5-12-7-8/h8-9,12H,1-7H2,(H2,11,14)/t8-,9?/m1/s1. The highest BCUT2D eigenvalue weighted by Crippen LogP contribution is 2.22. The summed E-state index contributed by atoms with van der Waals surface area (Å²) < 4.78 is 0. The Hall–Kier alpha value is -0.610. The summed E-state index contributed by atoms with van der Waals surface area (Å²) in [4.78, 5) is 13.5. The van der Waals surface area contributed by atoms with Gasteiger partial charge in [0.1, 0.15) is 0 Å². The first kappa shape index (κ1) is 9.93. The largest absolute Gasteiger partial charge is 0.368 e. The van der Waals surface area contributed by atoms with Crippen LogP contribution in [0.2, 0.25) is 0 Å². The van der Waals surface area contributed by atoms with Gasteiger partial charge in [-0.1, -0.05) is 0 Å². The van der Waals surface area contributed by atoms with Gasteiger partial charge >= 0.3 is 0 Å². The Balaban J connectivity index is 1.97. The maximum absolute atomic E-state index is 11.2. The number of carbonyl (C=O) groups is 1. The van der Waals surface area contributed by atoms with E-state index < -0.39 is 0 Å².